The van der Waals surface area contributed by atoms with E-state index in [1.165, 1.54) is 6.07 Å². The van der Waals surface area contributed by atoms with Crippen LogP contribution >= 0.6 is 11.6 Å². The van der Waals surface area contributed by atoms with Crippen LogP contribution in [0.15, 0.2) is 17.0 Å². The van der Waals surface area contributed by atoms with Crippen LogP contribution in [0.3, 0.4) is 0 Å². The molecule has 1 aromatic rings. The van der Waals surface area contributed by atoms with Crippen molar-refractivity contribution in [1.82, 2.24) is 4.72 Å². The number of benzene rings is 1. The molecular formula is C13H18ClFN2O3S. The fraction of sp³-hybridized carbons (Fsp3) is 0.538. The first kappa shape index (κ1) is 16.5. The van der Waals surface area contributed by atoms with Crippen molar-refractivity contribution in [2.45, 2.75) is 30.8 Å². The van der Waals surface area contributed by atoms with Crippen LogP contribution < -0.4 is 10.5 Å². The molecule has 0 spiro atoms. The lowest BCUT2D eigenvalue weighted by atomic mass is 10.0. The molecule has 0 bridgehead atoms. The van der Waals surface area contributed by atoms with Gasteiger partial charge in [0, 0.05) is 24.8 Å². The number of anilines is 1. The van der Waals surface area contributed by atoms with Crippen molar-refractivity contribution in [2.75, 3.05) is 18.9 Å². The van der Waals surface area contributed by atoms with Crippen molar-refractivity contribution in [3.63, 3.8) is 0 Å². The predicted molar refractivity (Wildman–Crippen MR) is 79.1 cm³/mol. The Morgan fingerprint density at radius 2 is 2.24 bits per heavy atom. The van der Waals surface area contributed by atoms with Crippen molar-refractivity contribution in [2.24, 2.45) is 5.92 Å². The maximum atomic E-state index is 13.9. The Labute approximate surface area is 128 Å². The van der Waals surface area contributed by atoms with Crippen molar-refractivity contribution in [3.05, 3.63) is 23.0 Å². The van der Waals surface area contributed by atoms with Gasteiger partial charge in [0.1, 0.15) is 4.90 Å². The van der Waals surface area contributed by atoms with Gasteiger partial charge in [-0.15, -0.1) is 0 Å². The maximum absolute atomic E-state index is 13.9. The molecule has 0 radical (unpaired) electrons. The van der Waals surface area contributed by atoms with Crippen LogP contribution in [0, 0.1) is 11.7 Å². The molecular weight excluding hydrogens is 319 g/mol. The van der Waals surface area contributed by atoms with Gasteiger partial charge in [0.25, 0.3) is 0 Å². The number of rotatable bonds is 5. The third-order valence-corrected chi connectivity index (χ3v) is 5.29. The second-order valence-corrected chi connectivity index (χ2v) is 7.18. The molecule has 21 heavy (non-hydrogen) atoms. The SMILES string of the molecule is CCC1OCCC1CNS(=O)(=O)c1cc(N)cc(Cl)c1F. The molecule has 1 fully saturated rings. The number of hydrogen-bond donors (Lipinski definition) is 2. The van der Waals surface area contributed by atoms with E-state index in [1.807, 2.05) is 6.92 Å². The molecule has 118 valence electrons. The zero-order valence-corrected chi connectivity index (χ0v) is 13.2. The first-order valence-corrected chi connectivity index (χ1v) is 8.57. The van der Waals surface area contributed by atoms with E-state index in [0.29, 0.717) is 6.61 Å². The van der Waals surface area contributed by atoms with E-state index >= 15 is 0 Å². The smallest absolute Gasteiger partial charge is 0.243 e. The highest BCUT2D eigenvalue weighted by molar-refractivity contribution is 7.89. The second-order valence-electron chi connectivity index (χ2n) is 5.03. The van der Waals surface area contributed by atoms with Crippen LogP contribution in [0.5, 0.6) is 0 Å². The maximum Gasteiger partial charge on any atom is 0.243 e. The first-order chi connectivity index (χ1) is 9.85. The topological polar surface area (TPSA) is 81.4 Å². The number of nitrogen functional groups attached to an aromatic ring is 1. The molecule has 3 N–H and O–H groups in total. The van der Waals surface area contributed by atoms with E-state index < -0.39 is 20.7 Å². The number of sulfonamides is 1. The molecule has 1 saturated heterocycles. The van der Waals surface area contributed by atoms with Gasteiger partial charge in [0.05, 0.1) is 11.1 Å². The summed E-state index contributed by atoms with van der Waals surface area (Å²) in [5, 5.41) is -0.314. The summed E-state index contributed by atoms with van der Waals surface area (Å²) in [6.45, 7) is 2.80. The van der Waals surface area contributed by atoms with Crippen molar-refractivity contribution in [3.8, 4) is 0 Å². The van der Waals surface area contributed by atoms with Crippen LogP contribution in [0.2, 0.25) is 5.02 Å². The minimum atomic E-state index is -4.00. The Bertz CT molecular complexity index is 624. The molecule has 2 rings (SSSR count). The Kier molecular flexibility index (Phi) is 5.08. The molecule has 2 atom stereocenters. The minimum Gasteiger partial charge on any atom is -0.399 e. The van der Waals surface area contributed by atoms with E-state index in [0.717, 1.165) is 18.9 Å². The van der Waals surface area contributed by atoms with E-state index in [1.54, 1.807) is 0 Å². The highest BCUT2D eigenvalue weighted by Gasteiger charge is 2.29. The molecule has 5 nitrogen and oxygen atoms in total. The fourth-order valence-electron chi connectivity index (χ4n) is 2.45. The zero-order chi connectivity index (χ0) is 15.6. The van der Waals surface area contributed by atoms with E-state index in [4.69, 9.17) is 22.1 Å². The van der Waals surface area contributed by atoms with Gasteiger partial charge in [-0.2, -0.15) is 0 Å². The zero-order valence-electron chi connectivity index (χ0n) is 11.6. The van der Waals surface area contributed by atoms with Gasteiger partial charge in [-0.1, -0.05) is 18.5 Å². The summed E-state index contributed by atoms with van der Waals surface area (Å²) in [7, 11) is -4.00. The van der Waals surface area contributed by atoms with Gasteiger partial charge in [-0.3, -0.25) is 0 Å². The largest absolute Gasteiger partial charge is 0.399 e. The molecule has 1 aliphatic heterocycles. The van der Waals surface area contributed by atoms with Gasteiger partial charge < -0.3 is 10.5 Å². The van der Waals surface area contributed by atoms with Gasteiger partial charge in [-0.25, -0.2) is 17.5 Å². The Morgan fingerprint density at radius 1 is 1.52 bits per heavy atom. The lowest BCUT2D eigenvalue weighted by molar-refractivity contribution is 0.0884. The van der Waals surface area contributed by atoms with Gasteiger partial charge in [0.15, 0.2) is 5.82 Å². The fourth-order valence-corrected chi connectivity index (χ4v) is 3.96. The summed E-state index contributed by atoms with van der Waals surface area (Å²) in [5.41, 5.74) is 5.62. The van der Waals surface area contributed by atoms with Gasteiger partial charge in [-0.05, 0) is 25.0 Å². The summed E-state index contributed by atoms with van der Waals surface area (Å²) in [6, 6.07) is 2.24. The molecule has 8 heteroatoms. The summed E-state index contributed by atoms with van der Waals surface area (Å²) in [4.78, 5) is -0.528. The normalized spacial score (nSPS) is 22.6. The van der Waals surface area contributed by atoms with Crippen molar-refractivity contribution < 1.29 is 17.5 Å². The lowest BCUT2D eigenvalue weighted by Crippen LogP contribution is -2.33. The van der Waals surface area contributed by atoms with Crippen LogP contribution in [-0.4, -0.2) is 27.7 Å². The number of nitrogens with two attached hydrogens (primary N) is 1. The van der Waals surface area contributed by atoms with E-state index in [-0.39, 0.29) is 29.3 Å². The first-order valence-electron chi connectivity index (χ1n) is 6.71. The minimum absolute atomic E-state index is 0.0296. The van der Waals surface area contributed by atoms with Crippen LogP contribution in [0.4, 0.5) is 10.1 Å². The predicted octanol–water partition coefficient (Wildman–Crippen LogP) is 2.15. The van der Waals surface area contributed by atoms with Crippen LogP contribution in [0.25, 0.3) is 0 Å². The molecule has 1 heterocycles. The quantitative estimate of drug-likeness (QED) is 0.807. The standard InChI is InChI=1S/C13H18ClFN2O3S/c1-2-11-8(3-4-20-11)7-17-21(18,19)12-6-9(16)5-10(14)13(12)15/h5-6,8,11,17H,2-4,7,16H2,1H3. The van der Waals surface area contributed by atoms with Crippen molar-refractivity contribution in [1.29, 1.82) is 0 Å². The summed E-state index contributed by atoms with van der Waals surface area (Å²) < 4.78 is 46.2. The lowest BCUT2D eigenvalue weighted by Gasteiger charge is -2.17. The number of halogens is 2. The second kappa shape index (κ2) is 6.48. The molecule has 1 aliphatic rings. The van der Waals surface area contributed by atoms with Crippen LogP contribution in [0.1, 0.15) is 19.8 Å². The van der Waals surface area contributed by atoms with Crippen LogP contribution in [-0.2, 0) is 14.8 Å². The number of nitrogens with one attached hydrogen (secondary N) is 1. The third-order valence-electron chi connectivity index (χ3n) is 3.59. The van der Waals surface area contributed by atoms with Crippen molar-refractivity contribution >= 4 is 27.3 Å². The molecule has 1 aromatic carbocycles. The highest BCUT2D eigenvalue weighted by Crippen LogP contribution is 2.27. The van der Waals surface area contributed by atoms with E-state index in [2.05, 4.69) is 4.72 Å². The Hall–Kier alpha value is -0.890. The molecule has 0 amide bonds. The average Bonchev–Trinajstić information content (AvgIpc) is 2.88. The molecule has 0 saturated carbocycles. The third kappa shape index (κ3) is 3.66. The highest BCUT2D eigenvalue weighted by atomic mass is 35.5. The summed E-state index contributed by atoms with van der Waals surface area (Å²) >= 11 is 5.63. The molecule has 0 aromatic heterocycles. The Morgan fingerprint density at radius 3 is 2.90 bits per heavy atom. The molecule has 2 unspecified atom stereocenters. The van der Waals surface area contributed by atoms with E-state index in [9.17, 15) is 12.8 Å². The van der Waals surface area contributed by atoms with Gasteiger partial charge >= 0.3 is 0 Å². The van der Waals surface area contributed by atoms with Gasteiger partial charge in [0.2, 0.25) is 10.0 Å². The summed E-state index contributed by atoms with van der Waals surface area (Å²) in [6.07, 6.45) is 1.62. The monoisotopic (exact) mass is 336 g/mol. The summed E-state index contributed by atoms with van der Waals surface area (Å²) in [5.74, 6) is -0.905. The number of ether oxygens (including phenoxy) is 1. The molecule has 0 aliphatic carbocycles. The number of hydrogen-bond acceptors (Lipinski definition) is 4. The Balaban J connectivity index is 2.16. The average molecular weight is 337 g/mol.